The van der Waals surface area contributed by atoms with E-state index in [4.69, 9.17) is 4.74 Å². The van der Waals surface area contributed by atoms with Crippen LogP contribution < -0.4 is 10.1 Å². The third-order valence-electron chi connectivity index (χ3n) is 5.27. The smallest absolute Gasteiger partial charge is 0.250 e. The second-order valence-electron chi connectivity index (χ2n) is 7.80. The molecular weight excluding hydrogens is 362 g/mol. The van der Waals surface area contributed by atoms with Crippen molar-refractivity contribution in [2.75, 3.05) is 5.32 Å². The van der Waals surface area contributed by atoms with E-state index < -0.39 is 0 Å². The molecule has 0 aliphatic heterocycles. The van der Waals surface area contributed by atoms with E-state index >= 15 is 0 Å². The van der Waals surface area contributed by atoms with Crippen LogP contribution in [0.1, 0.15) is 41.0 Å². The van der Waals surface area contributed by atoms with Gasteiger partial charge in [0, 0.05) is 5.69 Å². The Kier molecular flexibility index (Phi) is 4.19. The number of nitrogens with one attached hydrogen (secondary N) is 2. The third kappa shape index (κ3) is 3.53. The van der Waals surface area contributed by atoms with Crippen LogP contribution in [0.2, 0.25) is 0 Å². The van der Waals surface area contributed by atoms with Crippen molar-refractivity contribution in [2.45, 2.75) is 39.5 Å². The summed E-state index contributed by atoms with van der Waals surface area (Å²) in [4.78, 5) is 16.5. The van der Waals surface area contributed by atoms with E-state index in [2.05, 4.69) is 68.6 Å². The van der Waals surface area contributed by atoms with Crippen LogP contribution >= 0.6 is 0 Å². The highest BCUT2D eigenvalue weighted by Crippen LogP contribution is 2.40. The molecule has 0 radical (unpaired) electrons. The minimum absolute atomic E-state index is 0.458. The van der Waals surface area contributed by atoms with E-state index in [1.807, 2.05) is 13.8 Å². The van der Waals surface area contributed by atoms with Crippen LogP contribution in [0.15, 0.2) is 42.7 Å². The lowest BCUT2D eigenvalue weighted by Gasteiger charge is -2.13. The van der Waals surface area contributed by atoms with E-state index in [-0.39, 0.29) is 0 Å². The van der Waals surface area contributed by atoms with Gasteiger partial charge in [0.2, 0.25) is 5.95 Å². The van der Waals surface area contributed by atoms with Gasteiger partial charge in [-0.3, -0.25) is 0 Å². The highest BCUT2D eigenvalue weighted by atomic mass is 16.5. The molecule has 146 valence electrons. The molecule has 6 heteroatoms. The minimum atomic E-state index is 0.458. The minimum Gasteiger partial charge on any atom is -0.436 e. The Morgan fingerprint density at radius 1 is 1.00 bits per heavy atom. The molecule has 4 aromatic rings. The highest BCUT2D eigenvalue weighted by Gasteiger charge is 2.23. The van der Waals surface area contributed by atoms with Gasteiger partial charge < -0.3 is 15.0 Å². The summed E-state index contributed by atoms with van der Waals surface area (Å²) in [5.74, 6) is 2.47. The summed E-state index contributed by atoms with van der Waals surface area (Å²) in [7, 11) is 0. The lowest BCUT2D eigenvalue weighted by atomic mass is 10.1. The Labute approximate surface area is 169 Å². The number of aryl methyl sites for hydroxylation is 3. The molecule has 5 rings (SSSR count). The molecule has 1 fully saturated rings. The quantitative estimate of drug-likeness (QED) is 0.461. The van der Waals surface area contributed by atoms with Crippen LogP contribution in [0.3, 0.4) is 0 Å². The number of anilines is 2. The van der Waals surface area contributed by atoms with Crippen LogP contribution in [0, 0.1) is 20.8 Å². The number of ether oxygens (including phenoxy) is 1. The van der Waals surface area contributed by atoms with Crippen LogP contribution in [-0.4, -0.2) is 19.9 Å². The number of benzene rings is 2. The highest BCUT2D eigenvalue weighted by molar-refractivity contribution is 5.78. The van der Waals surface area contributed by atoms with Crippen molar-refractivity contribution in [3.8, 4) is 11.6 Å². The molecule has 0 unspecified atom stereocenters. The predicted octanol–water partition coefficient (Wildman–Crippen LogP) is 5.69. The first kappa shape index (κ1) is 17.7. The van der Waals surface area contributed by atoms with Gasteiger partial charge in [-0.25, -0.2) is 4.98 Å². The number of imidazole rings is 1. The fourth-order valence-electron chi connectivity index (χ4n) is 3.75. The van der Waals surface area contributed by atoms with E-state index in [0.29, 0.717) is 23.0 Å². The van der Waals surface area contributed by atoms with Crippen molar-refractivity contribution in [3.63, 3.8) is 0 Å². The fraction of sp³-hybridized carbons (Fsp3) is 0.261. The molecule has 1 aliphatic carbocycles. The SMILES string of the molecule is Cc1cc(C)c(Oc2nc(Nc3ccc(C4CC4)cc3)nc3nc[nH]c23)c(C)c1. The topological polar surface area (TPSA) is 75.7 Å². The first-order valence-electron chi connectivity index (χ1n) is 9.90. The fourth-order valence-corrected chi connectivity index (χ4v) is 3.75. The number of aromatic nitrogens is 4. The standard InChI is InChI=1S/C23H23N5O/c1-13-10-14(2)20(15(3)11-13)29-22-19-21(25-12-24-19)27-23(28-22)26-18-8-6-17(7-9-18)16-4-5-16/h6-12,16H,4-5H2,1-3H3,(H2,24,25,26,27,28). The maximum absolute atomic E-state index is 6.24. The van der Waals surface area contributed by atoms with Crippen molar-refractivity contribution in [1.82, 2.24) is 19.9 Å². The van der Waals surface area contributed by atoms with Crippen molar-refractivity contribution in [3.05, 3.63) is 65.0 Å². The Morgan fingerprint density at radius 2 is 1.72 bits per heavy atom. The summed E-state index contributed by atoms with van der Waals surface area (Å²) in [6.45, 7) is 6.17. The van der Waals surface area contributed by atoms with E-state index in [9.17, 15) is 0 Å². The average molecular weight is 385 g/mol. The van der Waals surface area contributed by atoms with E-state index in [0.717, 1.165) is 28.5 Å². The molecule has 6 nitrogen and oxygen atoms in total. The molecule has 0 atom stereocenters. The molecule has 0 spiro atoms. The van der Waals surface area contributed by atoms with Crippen molar-refractivity contribution < 1.29 is 4.74 Å². The van der Waals surface area contributed by atoms with E-state index in [1.54, 1.807) is 6.33 Å². The van der Waals surface area contributed by atoms with Crippen molar-refractivity contribution in [2.24, 2.45) is 0 Å². The third-order valence-corrected chi connectivity index (χ3v) is 5.27. The first-order valence-corrected chi connectivity index (χ1v) is 9.90. The van der Waals surface area contributed by atoms with Gasteiger partial charge in [-0.2, -0.15) is 9.97 Å². The van der Waals surface area contributed by atoms with Gasteiger partial charge in [-0.05, 0) is 68.4 Å². The number of nitrogens with zero attached hydrogens (tertiary/aromatic N) is 3. The van der Waals surface area contributed by atoms with Gasteiger partial charge in [-0.15, -0.1) is 0 Å². The lowest BCUT2D eigenvalue weighted by Crippen LogP contribution is -2.01. The van der Waals surface area contributed by atoms with Gasteiger partial charge in [0.15, 0.2) is 5.65 Å². The molecule has 2 aromatic carbocycles. The molecule has 0 amide bonds. The number of hydrogen-bond acceptors (Lipinski definition) is 5. The average Bonchev–Trinajstić information content (AvgIpc) is 3.42. The second-order valence-corrected chi connectivity index (χ2v) is 7.80. The number of H-pyrrole nitrogens is 1. The maximum Gasteiger partial charge on any atom is 0.250 e. The Bertz CT molecular complexity index is 1170. The Balaban J connectivity index is 1.48. The summed E-state index contributed by atoms with van der Waals surface area (Å²) in [6.07, 6.45) is 4.20. The first-order chi connectivity index (χ1) is 14.1. The van der Waals surface area contributed by atoms with Crippen molar-refractivity contribution in [1.29, 1.82) is 0 Å². The van der Waals surface area contributed by atoms with Crippen LogP contribution in [0.25, 0.3) is 11.2 Å². The summed E-state index contributed by atoms with van der Waals surface area (Å²) in [5, 5.41) is 3.28. The lowest BCUT2D eigenvalue weighted by molar-refractivity contribution is 0.461. The monoisotopic (exact) mass is 385 g/mol. The molecule has 0 saturated heterocycles. The van der Waals surface area contributed by atoms with Crippen LogP contribution in [-0.2, 0) is 0 Å². The van der Waals surface area contributed by atoms with Gasteiger partial charge >= 0.3 is 0 Å². The van der Waals surface area contributed by atoms with Gasteiger partial charge in [0.25, 0.3) is 5.88 Å². The summed E-state index contributed by atoms with van der Waals surface area (Å²) >= 11 is 0. The largest absolute Gasteiger partial charge is 0.436 e. The molecule has 2 aromatic heterocycles. The molecule has 1 saturated carbocycles. The zero-order chi connectivity index (χ0) is 20.0. The number of fused-ring (bicyclic) bond motifs is 1. The summed E-state index contributed by atoms with van der Waals surface area (Å²) in [6, 6.07) is 12.7. The molecule has 1 aliphatic rings. The second kappa shape index (κ2) is 6.88. The molecule has 29 heavy (non-hydrogen) atoms. The zero-order valence-electron chi connectivity index (χ0n) is 16.8. The predicted molar refractivity (Wildman–Crippen MR) is 114 cm³/mol. The molecular formula is C23H23N5O. The number of aromatic amines is 1. The number of hydrogen-bond donors (Lipinski definition) is 2. The van der Waals surface area contributed by atoms with Gasteiger partial charge in [0.05, 0.1) is 6.33 Å². The van der Waals surface area contributed by atoms with Crippen LogP contribution in [0.5, 0.6) is 11.6 Å². The molecule has 2 N–H and O–H groups in total. The van der Waals surface area contributed by atoms with Gasteiger partial charge in [-0.1, -0.05) is 29.8 Å². The molecule has 2 heterocycles. The molecule has 0 bridgehead atoms. The summed E-state index contributed by atoms with van der Waals surface area (Å²) in [5.41, 5.74) is 6.93. The van der Waals surface area contributed by atoms with Crippen LogP contribution in [0.4, 0.5) is 11.6 Å². The maximum atomic E-state index is 6.24. The van der Waals surface area contributed by atoms with Gasteiger partial charge in [0.1, 0.15) is 11.3 Å². The number of rotatable bonds is 5. The Morgan fingerprint density at radius 3 is 2.41 bits per heavy atom. The normalized spacial score (nSPS) is 13.6. The van der Waals surface area contributed by atoms with Crippen molar-refractivity contribution >= 4 is 22.8 Å². The van der Waals surface area contributed by atoms with E-state index in [1.165, 1.54) is 24.0 Å². The summed E-state index contributed by atoms with van der Waals surface area (Å²) < 4.78 is 6.24. The zero-order valence-corrected chi connectivity index (χ0v) is 16.8. The Hall–Kier alpha value is -3.41.